The SMILES string of the molecule is C=C[Si](C)(OCCCCCCCCCCCCCCCCC)OC(C)CCCCC. The summed E-state index contributed by atoms with van der Waals surface area (Å²) >= 11 is 0. The van der Waals surface area contributed by atoms with Gasteiger partial charge in [0, 0.05) is 12.7 Å². The van der Waals surface area contributed by atoms with Crippen molar-refractivity contribution in [1.29, 1.82) is 0 Å². The molecule has 0 aromatic rings. The Hall–Kier alpha value is -0.123. The lowest BCUT2D eigenvalue weighted by Gasteiger charge is -2.27. The highest BCUT2D eigenvalue weighted by molar-refractivity contribution is 6.71. The van der Waals surface area contributed by atoms with Crippen LogP contribution in [0, 0.1) is 0 Å². The fourth-order valence-corrected chi connectivity index (χ4v) is 5.78. The largest absolute Gasteiger partial charge is 0.391 e. The minimum atomic E-state index is -2.19. The molecule has 0 radical (unpaired) electrons. The van der Waals surface area contributed by atoms with E-state index in [9.17, 15) is 0 Å². The summed E-state index contributed by atoms with van der Waals surface area (Å²) in [6.45, 7) is 13.7. The minimum Gasteiger partial charge on any atom is -0.391 e. The van der Waals surface area contributed by atoms with Gasteiger partial charge in [0.1, 0.15) is 0 Å². The molecule has 180 valence electrons. The molecule has 2 nitrogen and oxygen atoms in total. The molecule has 0 aliphatic carbocycles. The maximum atomic E-state index is 6.26. The molecular formula is C27H56O2Si. The van der Waals surface area contributed by atoms with Gasteiger partial charge in [-0.3, -0.25) is 0 Å². The summed E-state index contributed by atoms with van der Waals surface area (Å²) in [5.41, 5.74) is 1.95. The number of unbranched alkanes of at least 4 members (excludes halogenated alkanes) is 16. The van der Waals surface area contributed by atoms with E-state index in [2.05, 4.69) is 33.9 Å². The van der Waals surface area contributed by atoms with E-state index in [1.165, 1.54) is 109 Å². The van der Waals surface area contributed by atoms with Crippen LogP contribution in [0.4, 0.5) is 0 Å². The first-order valence-electron chi connectivity index (χ1n) is 13.5. The lowest BCUT2D eigenvalue weighted by Crippen LogP contribution is -2.40. The molecule has 0 amide bonds. The van der Waals surface area contributed by atoms with E-state index in [-0.39, 0.29) is 6.10 Å². The van der Waals surface area contributed by atoms with Crippen molar-refractivity contribution >= 4 is 8.56 Å². The van der Waals surface area contributed by atoms with Gasteiger partial charge in [-0.1, -0.05) is 123 Å². The van der Waals surface area contributed by atoms with Crippen molar-refractivity contribution in [3.8, 4) is 0 Å². The van der Waals surface area contributed by atoms with Gasteiger partial charge in [0.15, 0.2) is 0 Å². The molecule has 0 saturated carbocycles. The normalized spacial score (nSPS) is 14.5. The molecule has 2 atom stereocenters. The van der Waals surface area contributed by atoms with E-state index >= 15 is 0 Å². The third-order valence-corrected chi connectivity index (χ3v) is 8.55. The third-order valence-electron chi connectivity index (χ3n) is 6.16. The summed E-state index contributed by atoms with van der Waals surface area (Å²) < 4.78 is 12.4. The maximum Gasteiger partial charge on any atom is 0.361 e. The molecule has 0 fully saturated rings. The lowest BCUT2D eigenvalue weighted by atomic mass is 10.0. The Bertz CT molecular complexity index is 361. The van der Waals surface area contributed by atoms with E-state index in [1.807, 2.05) is 5.70 Å². The molecule has 0 heterocycles. The summed E-state index contributed by atoms with van der Waals surface area (Å²) in [5, 5.41) is 0. The van der Waals surface area contributed by atoms with Crippen LogP contribution in [0.15, 0.2) is 12.3 Å². The summed E-state index contributed by atoms with van der Waals surface area (Å²) in [4.78, 5) is 0. The first-order valence-corrected chi connectivity index (χ1v) is 15.9. The second kappa shape index (κ2) is 22.1. The predicted octanol–water partition coefficient (Wildman–Crippen LogP) is 9.66. The minimum absolute atomic E-state index is 0.285. The number of hydrogen-bond acceptors (Lipinski definition) is 2. The van der Waals surface area contributed by atoms with Gasteiger partial charge in [-0.2, -0.15) is 0 Å². The Morgan fingerprint density at radius 2 is 1.07 bits per heavy atom. The Balaban J connectivity index is 3.47. The van der Waals surface area contributed by atoms with Crippen molar-refractivity contribution in [2.75, 3.05) is 6.61 Å². The van der Waals surface area contributed by atoms with Gasteiger partial charge in [0.2, 0.25) is 0 Å². The fourth-order valence-electron chi connectivity index (χ4n) is 4.03. The topological polar surface area (TPSA) is 18.5 Å². The van der Waals surface area contributed by atoms with Crippen LogP contribution in [0.25, 0.3) is 0 Å². The first kappa shape index (κ1) is 29.9. The van der Waals surface area contributed by atoms with E-state index < -0.39 is 8.56 Å². The lowest BCUT2D eigenvalue weighted by molar-refractivity contribution is 0.126. The van der Waals surface area contributed by atoms with Crippen LogP contribution in [-0.4, -0.2) is 21.3 Å². The van der Waals surface area contributed by atoms with Gasteiger partial charge in [-0.25, -0.2) is 0 Å². The summed E-state index contributed by atoms with van der Waals surface area (Å²) in [7, 11) is -2.19. The van der Waals surface area contributed by atoms with Crippen molar-refractivity contribution in [2.24, 2.45) is 0 Å². The molecule has 0 rings (SSSR count). The zero-order valence-electron chi connectivity index (χ0n) is 21.3. The van der Waals surface area contributed by atoms with Crippen LogP contribution >= 0.6 is 0 Å². The van der Waals surface area contributed by atoms with E-state index in [0.29, 0.717) is 0 Å². The van der Waals surface area contributed by atoms with E-state index in [1.54, 1.807) is 0 Å². The summed E-state index contributed by atoms with van der Waals surface area (Å²) in [6, 6.07) is 0. The first-order chi connectivity index (χ1) is 14.6. The molecule has 0 bridgehead atoms. The second-order valence-electron chi connectivity index (χ2n) is 9.44. The summed E-state index contributed by atoms with van der Waals surface area (Å²) in [6.07, 6.45) is 26.2. The molecule has 0 saturated heterocycles. The highest BCUT2D eigenvalue weighted by Gasteiger charge is 2.29. The molecule has 0 aromatic heterocycles. The van der Waals surface area contributed by atoms with Gasteiger partial charge in [-0.05, 0) is 32.0 Å². The molecular weight excluding hydrogens is 384 g/mol. The monoisotopic (exact) mass is 440 g/mol. The van der Waals surface area contributed by atoms with Gasteiger partial charge < -0.3 is 8.85 Å². The average molecular weight is 441 g/mol. The maximum absolute atomic E-state index is 6.26. The standard InChI is InChI=1S/C27H56O2Si/c1-6-9-11-12-13-14-15-16-17-18-19-20-21-22-24-26-28-30(5,8-3)29-27(4)25-23-10-7-2/h8,27H,3,6-7,9-26H2,1-2,4-5H3. The Kier molecular flexibility index (Phi) is 22.0. The van der Waals surface area contributed by atoms with Crippen molar-refractivity contribution < 1.29 is 8.85 Å². The van der Waals surface area contributed by atoms with Crippen molar-refractivity contribution in [3.63, 3.8) is 0 Å². The zero-order valence-corrected chi connectivity index (χ0v) is 22.3. The van der Waals surface area contributed by atoms with Crippen LogP contribution in [0.1, 0.15) is 143 Å². The zero-order chi connectivity index (χ0) is 22.3. The Labute approximate surface area is 191 Å². The van der Waals surface area contributed by atoms with Gasteiger partial charge in [0.05, 0.1) is 0 Å². The molecule has 0 aliphatic heterocycles. The Morgan fingerprint density at radius 1 is 0.667 bits per heavy atom. The van der Waals surface area contributed by atoms with Gasteiger partial charge >= 0.3 is 8.56 Å². The molecule has 0 N–H and O–H groups in total. The molecule has 0 aliphatic rings. The smallest absolute Gasteiger partial charge is 0.361 e. The molecule has 0 aromatic carbocycles. The van der Waals surface area contributed by atoms with Crippen molar-refractivity contribution in [1.82, 2.24) is 0 Å². The molecule has 2 unspecified atom stereocenters. The van der Waals surface area contributed by atoms with Crippen LogP contribution in [-0.2, 0) is 8.85 Å². The Morgan fingerprint density at radius 3 is 1.50 bits per heavy atom. The quantitative estimate of drug-likeness (QED) is 0.110. The van der Waals surface area contributed by atoms with Crippen molar-refractivity contribution in [2.45, 2.75) is 155 Å². The third kappa shape index (κ3) is 19.8. The van der Waals surface area contributed by atoms with Gasteiger partial charge in [-0.15, -0.1) is 6.58 Å². The molecule has 0 spiro atoms. The second-order valence-corrected chi connectivity index (χ2v) is 12.4. The molecule has 30 heavy (non-hydrogen) atoms. The van der Waals surface area contributed by atoms with E-state index in [0.717, 1.165) is 19.4 Å². The number of hydrogen-bond donors (Lipinski definition) is 0. The fraction of sp³-hybridized carbons (Fsp3) is 0.926. The van der Waals surface area contributed by atoms with Gasteiger partial charge in [0.25, 0.3) is 0 Å². The molecule has 3 heteroatoms. The predicted molar refractivity (Wildman–Crippen MR) is 137 cm³/mol. The number of rotatable bonds is 24. The van der Waals surface area contributed by atoms with E-state index in [4.69, 9.17) is 8.85 Å². The van der Waals surface area contributed by atoms with Crippen LogP contribution in [0.3, 0.4) is 0 Å². The summed E-state index contributed by atoms with van der Waals surface area (Å²) in [5.74, 6) is 0. The van der Waals surface area contributed by atoms with Crippen molar-refractivity contribution in [3.05, 3.63) is 12.3 Å². The van der Waals surface area contributed by atoms with Crippen LogP contribution in [0.5, 0.6) is 0 Å². The van der Waals surface area contributed by atoms with Crippen LogP contribution < -0.4 is 0 Å². The highest BCUT2D eigenvalue weighted by Crippen LogP contribution is 2.17. The average Bonchev–Trinajstić information content (AvgIpc) is 2.73. The highest BCUT2D eigenvalue weighted by atomic mass is 28.4. The van der Waals surface area contributed by atoms with Crippen LogP contribution in [0.2, 0.25) is 6.55 Å².